The van der Waals surface area contributed by atoms with Crippen LogP contribution in [0, 0.1) is 17.2 Å². The first kappa shape index (κ1) is 14.0. The zero-order valence-corrected chi connectivity index (χ0v) is 12.0. The fourth-order valence-electron chi connectivity index (χ4n) is 2.01. The fraction of sp³-hybridized carbons (Fsp3) is 0.385. The minimum absolute atomic E-state index is 0.0390. The second-order valence-electron chi connectivity index (χ2n) is 4.33. The zero-order valence-electron chi connectivity index (χ0n) is 10.4. The van der Waals surface area contributed by atoms with Crippen LogP contribution in [0.4, 0.5) is 5.69 Å². The molecule has 1 aromatic carbocycles. The van der Waals surface area contributed by atoms with Crippen molar-refractivity contribution in [3.63, 3.8) is 0 Å². The number of hydrogen-bond acceptors (Lipinski definition) is 4. The molecule has 1 aliphatic heterocycles. The molecule has 2 atom stereocenters. The molecule has 100 valence electrons. The highest BCUT2D eigenvalue weighted by Gasteiger charge is 2.33. The molecule has 0 bridgehead atoms. The van der Waals surface area contributed by atoms with Crippen LogP contribution >= 0.6 is 15.9 Å². The lowest BCUT2D eigenvalue weighted by Gasteiger charge is -2.17. The number of rotatable bonds is 3. The molecule has 0 aliphatic carbocycles. The van der Waals surface area contributed by atoms with Gasteiger partial charge in [0, 0.05) is 10.5 Å². The van der Waals surface area contributed by atoms with Gasteiger partial charge in [-0.15, -0.1) is 0 Å². The first-order valence-corrected chi connectivity index (χ1v) is 6.70. The summed E-state index contributed by atoms with van der Waals surface area (Å²) in [7, 11) is 1.82. The van der Waals surface area contributed by atoms with Gasteiger partial charge in [-0.3, -0.25) is 4.79 Å². The van der Waals surface area contributed by atoms with Gasteiger partial charge in [0.25, 0.3) is 0 Å². The molecule has 2 unspecified atom stereocenters. The van der Waals surface area contributed by atoms with Crippen molar-refractivity contribution in [3.05, 3.63) is 28.2 Å². The van der Waals surface area contributed by atoms with Crippen LogP contribution in [0.1, 0.15) is 5.56 Å². The summed E-state index contributed by atoms with van der Waals surface area (Å²) in [6.07, 6.45) is 0. The van der Waals surface area contributed by atoms with E-state index in [4.69, 9.17) is 10.00 Å². The number of nitriles is 1. The summed E-state index contributed by atoms with van der Waals surface area (Å²) in [6, 6.07) is 7.14. The van der Waals surface area contributed by atoms with Gasteiger partial charge in [0.1, 0.15) is 0 Å². The van der Waals surface area contributed by atoms with Crippen LogP contribution < -0.4 is 10.6 Å². The first-order chi connectivity index (χ1) is 9.15. The quantitative estimate of drug-likeness (QED) is 0.883. The lowest BCUT2D eigenvalue weighted by molar-refractivity contribution is -0.120. The number of likely N-dealkylation sites (N-methyl/N-ethyl adjacent to an activating group) is 1. The number of nitrogens with zero attached hydrogens (tertiary/aromatic N) is 1. The van der Waals surface area contributed by atoms with Crippen LogP contribution in [0.2, 0.25) is 0 Å². The predicted molar refractivity (Wildman–Crippen MR) is 74.6 cm³/mol. The number of anilines is 1. The Kier molecular flexibility index (Phi) is 4.53. The monoisotopic (exact) mass is 323 g/mol. The third kappa shape index (κ3) is 3.13. The second-order valence-corrected chi connectivity index (χ2v) is 5.19. The summed E-state index contributed by atoms with van der Waals surface area (Å²) < 4.78 is 6.00. The van der Waals surface area contributed by atoms with E-state index in [9.17, 15) is 4.79 Å². The van der Waals surface area contributed by atoms with Gasteiger partial charge >= 0.3 is 0 Å². The molecular weight excluding hydrogens is 310 g/mol. The Morgan fingerprint density at radius 1 is 1.53 bits per heavy atom. The van der Waals surface area contributed by atoms with Gasteiger partial charge in [-0.2, -0.15) is 5.26 Å². The summed E-state index contributed by atoms with van der Waals surface area (Å²) in [4.78, 5) is 12.2. The molecule has 0 saturated carbocycles. The standard InChI is InChI=1S/C13H14BrN3O2/c1-16-12-7-19-6-9(12)13(18)17-11-3-2-8(5-15)4-10(11)14/h2-4,9,12,16H,6-7H2,1H3,(H,17,18). The van der Waals surface area contributed by atoms with Gasteiger partial charge in [-0.1, -0.05) is 0 Å². The van der Waals surface area contributed by atoms with E-state index in [1.807, 2.05) is 13.1 Å². The molecule has 1 aliphatic rings. The van der Waals surface area contributed by atoms with E-state index < -0.39 is 0 Å². The Bertz CT molecular complexity index is 527. The molecule has 1 aromatic rings. The summed E-state index contributed by atoms with van der Waals surface area (Å²) in [5.74, 6) is -0.283. The molecule has 1 heterocycles. The molecule has 1 fully saturated rings. The van der Waals surface area contributed by atoms with Crippen molar-refractivity contribution in [2.75, 3.05) is 25.6 Å². The second kappa shape index (κ2) is 6.15. The van der Waals surface area contributed by atoms with E-state index in [0.717, 1.165) is 0 Å². The maximum atomic E-state index is 12.2. The Hall–Kier alpha value is -1.42. The minimum Gasteiger partial charge on any atom is -0.379 e. The fourth-order valence-corrected chi connectivity index (χ4v) is 2.49. The lowest BCUT2D eigenvalue weighted by Crippen LogP contribution is -2.39. The van der Waals surface area contributed by atoms with Gasteiger partial charge in [-0.05, 0) is 41.2 Å². The molecule has 0 aromatic heterocycles. The van der Waals surface area contributed by atoms with Crippen LogP contribution in [0.25, 0.3) is 0 Å². The van der Waals surface area contributed by atoms with Crippen molar-refractivity contribution in [2.24, 2.45) is 5.92 Å². The van der Waals surface area contributed by atoms with Crippen LogP contribution in [0.3, 0.4) is 0 Å². The van der Waals surface area contributed by atoms with Crippen molar-refractivity contribution in [1.82, 2.24) is 5.32 Å². The van der Waals surface area contributed by atoms with E-state index in [1.54, 1.807) is 18.2 Å². The highest BCUT2D eigenvalue weighted by Crippen LogP contribution is 2.25. The van der Waals surface area contributed by atoms with Crippen molar-refractivity contribution < 1.29 is 9.53 Å². The van der Waals surface area contributed by atoms with E-state index in [2.05, 4.69) is 26.6 Å². The minimum atomic E-state index is -0.201. The van der Waals surface area contributed by atoms with Crippen LogP contribution in [-0.2, 0) is 9.53 Å². The van der Waals surface area contributed by atoms with E-state index in [0.29, 0.717) is 28.9 Å². The normalized spacial score (nSPS) is 21.9. The predicted octanol–water partition coefficient (Wildman–Crippen LogP) is 1.49. The molecule has 1 saturated heterocycles. The van der Waals surface area contributed by atoms with Crippen molar-refractivity contribution in [1.29, 1.82) is 5.26 Å². The molecule has 6 heteroatoms. The molecule has 5 nitrogen and oxygen atoms in total. The number of halogens is 1. The van der Waals surface area contributed by atoms with Gasteiger partial charge < -0.3 is 15.4 Å². The van der Waals surface area contributed by atoms with Gasteiger partial charge in [0.15, 0.2) is 0 Å². The average molecular weight is 324 g/mol. The Balaban J connectivity index is 2.09. The number of ether oxygens (including phenoxy) is 1. The molecule has 0 spiro atoms. The van der Waals surface area contributed by atoms with Crippen LogP contribution in [0.15, 0.2) is 22.7 Å². The van der Waals surface area contributed by atoms with Crippen molar-refractivity contribution in [3.8, 4) is 6.07 Å². The molecule has 1 amide bonds. The average Bonchev–Trinajstić information content (AvgIpc) is 2.89. The number of benzene rings is 1. The first-order valence-electron chi connectivity index (χ1n) is 5.91. The number of amides is 1. The number of nitrogens with one attached hydrogen (secondary N) is 2. The molecule has 2 N–H and O–H groups in total. The Morgan fingerprint density at radius 2 is 2.32 bits per heavy atom. The molecule has 0 radical (unpaired) electrons. The zero-order chi connectivity index (χ0) is 13.8. The van der Waals surface area contributed by atoms with Crippen molar-refractivity contribution in [2.45, 2.75) is 6.04 Å². The maximum absolute atomic E-state index is 12.2. The molecule has 2 rings (SSSR count). The van der Waals surface area contributed by atoms with Gasteiger partial charge in [-0.25, -0.2) is 0 Å². The van der Waals surface area contributed by atoms with Gasteiger partial charge in [0.05, 0.1) is 36.5 Å². The summed E-state index contributed by atoms with van der Waals surface area (Å²) >= 11 is 3.34. The third-order valence-corrected chi connectivity index (χ3v) is 3.80. The van der Waals surface area contributed by atoms with E-state index in [-0.39, 0.29) is 17.9 Å². The maximum Gasteiger partial charge on any atom is 0.231 e. The van der Waals surface area contributed by atoms with Gasteiger partial charge in [0.2, 0.25) is 5.91 Å². The van der Waals surface area contributed by atoms with Crippen LogP contribution in [-0.4, -0.2) is 32.2 Å². The summed E-state index contributed by atoms with van der Waals surface area (Å²) in [6.45, 7) is 0.967. The number of carbonyl (C=O) groups excluding carboxylic acids is 1. The molecular formula is C13H14BrN3O2. The number of carbonyl (C=O) groups is 1. The topological polar surface area (TPSA) is 74.2 Å². The number of hydrogen-bond donors (Lipinski definition) is 2. The Labute approximate surface area is 120 Å². The SMILES string of the molecule is CNC1COCC1C(=O)Nc1ccc(C#N)cc1Br. The van der Waals surface area contributed by atoms with Crippen LogP contribution in [0.5, 0.6) is 0 Å². The van der Waals surface area contributed by atoms with E-state index >= 15 is 0 Å². The summed E-state index contributed by atoms with van der Waals surface area (Å²) in [5.41, 5.74) is 1.20. The molecule has 19 heavy (non-hydrogen) atoms. The Morgan fingerprint density at radius 3 is 2.95 bits per heavy atom. The van der Waals surface area contributed by atoms with E-state index in [1.165, 1.54) is 0 Å². The van der Waals surface area contributed by atoms with Crippen molar-refractivity contribution >= 4 is 27.5 Å². The largest absolute Gasteiger partial charge is 0.379 e. The lowest BCUT2D eigenvalue weighted by atomic mass is 10.0. The smallest absolute Gasteiger partial charge is 0.231 e. The summed E-state index contributed by atoms with van der Waals surface area (Å²) in [5, 5.41) is 14.7. The third-order valence-electron chi connectivity index (χ3n) is 3.14. The highest BCUT2D eigenvalue weighted by atomic mass is 79.9. The highest BCUT2D eigenvalue weighted by molar-refractivity contribution is 9.10.